The number of aryl methyl sites for hydroxylation is 1. The third-order valence-corrected chi connectivity index (χ3v) is 5.55. The molecule has 7 nitrogen and oxygen atoms in total. The summed E-state index contributed by atoms with van der Waals surface area (Å²) >= 11 is 0. The number of carbonyl (C=O) groups excluding carboxylic acids is 4. The van der Waals surface area contributed by atoms with Crippen molar-refractivity contribution in [1.29, 1.82) is 0 Å². The predicted molar refractivity (Wildman–Crippen MR) is 125 cm³/mol. The van der Waals surface area contributed by atoms with Crippen molar-refractivity contribution in [2.45, 2.75) is 13.3 Å². The van der Waals surface area contributed by atoms with Crippen LogP contribution in [0.3, 0.4) is 0 Å². The first kappa shape index (κ1) is 22.9. The van der Waals surface area contributed by atoms with Crippen LogP contribution in [0.4, 0.5) is 5.69 Å². The third kappa shape index (κ3) is 5.38. The first-order chi connectivity index (χ1) is 16.4. The van der Waals surface area contributed by atoms with Crippen LogP contribution in [0.15, 0.2) is 78.9 Å². The van der Waals surface area contributed by atoms with Gasteiger partial charge in [-0.05, 0) is 55.5 Å². The predicted octanol–water partition coefficient (Wildman–Crippen LogP) is 3.99. The normalized spacial score (nSPS) is 15.1. The average Bonchev–Trinajstić information content (AvgIpc) is 3.25. The van der Waals surface area contributed by atoms with Gasteiger partial charge >= 0.3 is 11.9 Å². The van der Waals surface area contributed by atoms with E-state index >= 15 is 0 Å². The molecule has 34 heavy (non-hydrogen) atoms. The maximum Gasteiger partial charge on any atom is 0.343 e. The number of carbonyl (C=O) groups is 4. The van der Waals surface area contributed by atoms with Crippen molar-refractivity contribution in [1.82, 2.24) is 0 Å². The van der Waals surface area contributed by atoms with Crippen molar-refractivity contribution in [3.05, 3.63) is 95.6 Å². The van der Waals surface area contributed by atoms with Crippen LogP contribution in [0.1, 0.15) is 32.7 Å². The lowest BCUT2D eigenvalue weighted by molar-refractivity contribution is -0.147. The van der Waals surface area contributed by atoms with Crippen LogP contribution >= 0.6 is 0 Å². The molecule has 0 radical (unpaired) electrons. The Kier molecular flexibility index (Phi) is 6.82. The van der Waals surface area contributed by atoms with E-state index in [1.807, 2.05) is 31.2 Å². The smallest absolute Gasteiger partial charge is 0.343 e. The summed E-state index contributed by atoms with van der Waals surface area (Å²) in [5, 5.41) is 0. The van der Waals surface area contributed by atoms with E-state index in [4.69, 9.17) is 9.47 Å². The second-order valence-corrected chi connectivity index (χ2v) is 8.05. The van der Waals surface area contributed by atoms with E-state index in [2.05, 4.69) is 0 Å². The quantitative estimate of drug-likeness (QED) is 0.303. The molecular formula is C27H23NO6. The summed E-state index contributed by atoms with van der Waals surface area (Å²) in [5.74, 6) is -1.96. The van der Waals surface area contributed by atoms with Gasteiger partial charge in [0.05, 0.1) is 11.5 Å². The van der Waals surface area contributed by atoms with Gasteiger partial charge in [0.1, 0.15) is 5.75 Å². The SMILES string of the molecule is Cc1ccc(N2CC(C(=O)OCC(=O)c3ccc(OC(=O)c4ccccc4)cc3)CC2=O)cc1. The molecule has 1 aliphatic heterocycles. The van der Waals surface area contributed by atoms with E-state index in [1.165, 1.54) is 24.3 Å². The minimum Gasteiger partial charge on any atom is -0.457 e. The fourth-order valence-electron chi connectivity index (χ4n) is 3.63. The van der Waals surface area contributed by atoms with Gasteiger partial charge in [0.15, 0.2) is 12.4 Å². The van der Waals surface area contributed by atoms with Gasteiger partial charge in [0.2, 0.25) is 5.91 Å². The number of esters is 2. The number of amides is 1. The Hall–Kier alpha value is -4.26. The van der Waals surface area contributed by atoms with Gasteiger partial charge in [-0.2, -0.15) is 0 Å². The lowest BCUT2D eigenvalue weighted by Gasteiger charge is -2.16. The topological polar surface area (TPSA) is 90.0 Å². The first-order valence-electron chi connectivity index (χ1n) is 10.8. The standard InChI is InChI=1S/C27H23NO6/c1-18-7-11-22(12-8-18)28-16-21(15-25(28)30)26(31)33-17-24(29)19-9-13-23(14-10-19)34-27(32)20-5-3-2-4-6-20/h2-14,21H,15-17H2,1H3. The summed E-state index contributed by atoms with van der Waals surface area (Å²) in [4.78, 5) is 50.9. The van der Waals surface area contributed by atoms with Gasteiger partial charge in [0, 0.05) is 24.2 Å². The molecule has 0 aromatic heterocycles. The molecule has 1 unspecified atom stereocenters. The van der Waals surface area contributed by atoms with Crippen LogP contribution in [-0.2, 0) is 14.3 Å². The van der Waals surface area contributed by atoms with Crippen LogP contribution in [0, 0.1) is 12.8 Å². The van der Waals surface area contributed by atoms with Gasteiger partial charge in [0.25, 0.3) is 0 Å². The molecule has 4 rings (SSSR count). The maximum absolute atomic E-state index is 12.5. The second kappa shape index (κ2) is 10.1. The molecule has 1 heterocycles. The number of Topliss-reactive ketones (excluding diaryl/α,β-unsaturated/α-hetero) is 1. The highest BCUT2D eigenvalue weighted by atomic mass is 16.5. The molecular weight excluding hydrogens is 434 g/mol. The van der Waals surface area contributed by atoms with E-state index in [0.29, 0.717) is 16.9 Å². The molecule has 0 aliphatic carbocycles. The molecule has 1 fully saturated rings. The lowest BCUT2D eigenvalue weighted by Crippen LogP contribution is -2.27. The Bertz CT molecular complexity index is 1200. The van der Waals surface area contributed by atoms with Gasteiger partial charge < -0.3 is 14.4 Å². The highest BCUT2D eigenvalue weighted by Gasteiger charge is 2.36. The number of hydrogen-bond donors (Lipinski definition) is 0. The summed E-state index contributed by atoms with van der Waals surface area (Å²) in [7, 11) is 0. The third-order valence-electron chi connectivity index (χ3n) is 5.55. The summed E-state index contributed by atoms with van der Waals surface area (Å²) in [6, 6.07) is 22.1. The fourth-order valence-corrected chi connectivity index (χ4v) is 3.63. The molecule has 3 aromatic rings. The molecule has 0 N–H and O–H groups in total. The maximum atomic E-state index is 12.5. The van der Waals surface area contributed by atoms with E-state index < -0.39 is 30.2 Å². The Morgan fingerprint density at radius 1 is 0.882 bits per heavy atom. The summed E-state index contributed by atoms with van der Waals surface area (Å²) in [6.07, 6.45) is 0.0440. The number of rotatable bonds is 7. The highest BCUT2D eigenvalue weighted by Crippen LogP contribution is 2.26. The minimum atomic E-state index is -0.624. The largest absolute Gasteiger partial charge is 0.457 e. The molecule has 0 bridgehead atoms. The Labute approximate surface area is 196 Å². The van der Waals surface area contributed by atoms with Crippen molar-refractivity contribution >= 4 is 29.3 Å². The number of nitrogens with zero attached hydrogens (tertiary/aromatic N) is 1. The molecule has 7 heteroatoms. The van der Waals surface area contributed by atoms with Crippen molar-refractivity contribution in [3.8, 4) is 5.75 Å². The van der Waals surface area contributed by atoms with E-state index in [-0.39, 0.29) is 18.9 Å². The molecule has 3 aromatic carbocycles. The van der Waals surface area contributed by atoms with Gasteiger partial charge in [-0.1, -0.05) is 35.9 Å². The summed E-state index contributed by atoms with van der Waals surface area (Å²) in [5.41, 5.74) is 2.54. The van der Waals surface area contributed by atoms with Crippen LogP contribution < -0.4 is 9.64 Å². The first-order valence-corrected chi connectivity index (χ1v) is 10.8. The molecule has 1 aliphatic rings. The lowest BCUT2D eigenvalue weighted by atomic mass is 10.1. The molecule has 0 saturated carbocycles. The number of benzene rings is 3. The molecule has 1 atom stereocenters. The Morgan fingerprint density at radius 2 is 1.56 bits per heavy atom. The average molecular weight is 457 g/mol. The molecule has 0 spiro atoms. The Morgan fingerprint density at radius 3 is 2.24 bits per heavy atom. The summed E-state index contributed by atoms with van der Waals surface area (Å²) in [6.45, 7) is 1.74. The number of ether oxygens (including phenoxy) is 2. The second-order valence-electron chi connectivity index (χ2n) is 8.05. The van der Waals surface area contributed by atoms with Crippen LogP contribution in [-0.4, -0.2) is 36.8 Å². The van der Waals surface area contributed by atoms with Gasteiger partial charge in [-0.15, -0.1) is 0 Å². The van der Waals surface area contributed by atoms with Crippen molar-refractivity contribution in [2.75, 3.05) is 18.1 Å². The number of anilines is 1. The van der Waals surface area contributed by atoms with Crippen molar-refractivity contribution in [3.63, 3.8) is 0 Å². The van der Waals surface area contributed by atoms with Crippen molar-refractivity contribution < 1.29 is 28.7 Å². The minimum absolute atomic E-state index is 0.0440. The van der Waals surface area contributed by atoms with Gasteiger partial charge in [-0.3, -0.25) is 14.4 Å². The zero-order valence-corrected chi connectivity index (χ0v) is 18.6. The number of ketones is 1. The fraction of sp³-hybridized carbons (Fsp3) is 0.185. The van der Waals surface area contributed by atoms with E-state index in [1.54, 1.807) is 35.2 Å². The highest BCUT2D eigenvalue weighted by molar-refractivity contribution is 6.01. The molecule has 172 valence electrons. The zero-order chi connectivity index (χ0) is 24.1. The van der Waals surface area contributed by atoms with Crippen LogP contribution in [0.5, 0.6) is 5.75 Å². The molecule has 1 saturated heterocycles. The monoisotopic (exact) mass is 457 g/mol. The van der Waals surface area contributed by atoms with Crippen LogP contribution in [0.2, 0.25) is 0 Å². The van der Waals surface area contributed by atoms with Crippen LogP contribution in [0.25, 0.3) is 0 Å². The van der Waals surface area contributed by atoms with E-state index in [9.17, 15) is 19.2 Å². The number of hydrogen-bond acceptors (Lipinski definition) is 6. The van der Waals surface area contributed by atoms with Crippen molar-refractivity contribution in [2.24, 2.45) is 5.92 Å². The van der Waals surface area contributed by atoms with Gasteiger partial charge in [-0.25, -0.2) is 4.79 Å². The molecule has 1 amide bonds. The Balaban J connectivity index is 1.28. The van der Waals surface area contributed by atoms with E-state index in [0.717, 1.165) is 11.3 Å². The zero-order valence-electron chi connectivity index (χ0n) is 18.6. The summed E-state index contributed by atoms with van der Waals surface area (Å²) < 4.78 is 10.5.